The summed E-state index contributed by atoms with van der Waals surface area (Å²) in [4.78, 5) is 13.9. The van der Waals surface area contributed by atoms with Crippen molar-refractivity contribution < 1.29 is 4.79 Å². The van der Waals surface area contributed by atoms with Crippen LogP contribution in [0.5, 0.6) is 0 Å². The highest BCUT2D eigenvalue weighted by molar-refractivity contribution is 7.16. The maximum atomic E-state index is 12.7. The van der Waals surface area contributed by atoms with Crippen LogP contribution in [0.15, 0.2) is 60.7 Å². The summed E-state index contributed by atoms with van der Waals surface area (Å²) in [7, 11) is 0. The summed E-state index contributed by atoms with van der Waals surface area (Å²) >= 11 is 1.63. The van der Waals surface area contributed by atoms with E-state index < -0.39 is 0 Å². The Labute approximate surface area is 165 Å². The van der Waals surface area contributed by atoms with Crippen LogP contribution in [0.1, 0.15) is 58.8 Å². The predicted molar refractivity (Wildman–Crippen MR) is 115 cm³/mol. The lowest BCUT2D eigenvalue weighted by Gasteiger charge is -2.22. The molecule has 1 heterocycles. The van der Waals surface area contributed by atoms with Crippen molar-refractivity contribution in [2.24, 2.45) is 0 Å². The number of nitrogens with one attached hydrogen (secondary N) is 1. The first-order valence-electron chi connectivity index (χ1n) is 9.78. The quantitative estimate of drug-likeness (QED) is 0.521. The molecule has 1 aromatic heterocycles. The van der Waals surface area contributed by atoms with Crippen molar-refractivity contribution in [3.8, 4) is 11.1 Å². The first-order valence-corrected chi connectivity index (χ1v) is 10.6. The smallest absolute Gasteiger partial charge is 0.256 e. The Kier molecular flexibility index (Phi) is 5.40. The number of aryl methyl sites for hydroxylation is 1. The van der Waals surface area contributed by atoms with Gasteiger partial charge in [0, 0.05) is 10.4 Å². The number of anilines is 1. The second-order valence-electron chi connectivity index (χ2n) is 7.36. The van der Waals surface area contributed by atoms with Gasteiger partial charge in [-0.25, -0.2) is 0 Å². The van der Waals surface area contributed by atoms with E-state index in [2.05, 4.69) is 42.6 Å². The van der Waals surface area contributed by atoms with Crippen LogP contribution in [0.3, 0.4) is 0 Å². The topological polar surface area (TPSA) is 29.1 Å². The van der Waals surface area contributed by atoms with E-state index in [-0.39, 0.29) is 5.91 Å². The molecule has 0 unspecified atom stereocenters. The number of thiophene rings is 1. The third-order valence-corrected chi connectivity index (χ3v) is 6.45. The lowest BCUT2D eigenvalue weighted by atomic mass is 9.84. The molecule has 3 heteroatoms. The molecule has 1 aliphatic carbocycles. The zero-order chi connectivity index (χ0) is 18.6. The Bertz CT molecular complexity index is 905. The molecular formula is C24H25NOS. The van der Waals surface area contributed by atoms with Crippen LogP contribution in [0, 0.1) is 6.92 Å². The summed E-state index contributed by atoms with van der Waals surface area (Å²) in [5.74, 6) is 0.635. The molecule has 1 N–H and O–H groups in total. The molecule has 1 aliphatic rings. The lowest BCUT2D eigenvalue weighted by molar-refractivity contribution is 0.102. The Morgan fingerprint density at radius 1 is 0.963 bits per heavy atom. The van der Waals surface area contributed by atoms with E-state index in [4.69, 9.17) is 0 Å². The second kappa shape index (κ2) is 8.10. The summed E-state index contributed by atoms with van der Waals surface area (Å²) in [6.45, 7) is 2.10. The van der Waals surface area contributed by atoms with Crippen LogP contribution in [0.4, 0.5) is 5.00 Å². The number of benzene rings is 2. The maximum Gasteiger partial charge on any atom is 0.256 e. The minimum Gasteiger partial charge on any atom is -0.314 e. The average molecular weight is 376 g/mol. The monoisotopic (exact) mass is 375 g/mol. The Hall–Kier alpha value is -2.39. The first kappa shape index (κ1) is 18.0. The minimum absolute atomic E-state index is 0.0361. The van der Waals surface area contributed by atoms with Gasteiger partial charge in [0.15, 0.2) is 0 Å². The van der Waals surface area contributed by atoms with E-state index >= 15 is 0 Å². The highest BCUT2D eigenvalue weighted by Gasteiger charge is 2.16. The molecule has 1 amide bonds. The molecule has 0 bridgehead atoms. The van der Waals surface area contributed by atoms with Crippen LogP contribution in [-0.4, -0.2) is 5.91 Å². The van der Waals surface area contributed by atoms with Gasteiger partial charge >= 0.3 is 0 Å². The van der Waals surface area contributed by atoms with Crippen molar-refractivity contribution in [3.05, 3.63) is 76.7 Å². The van der Waals surface area contributed by atoms with E-state index in [9.17, 15) is 4.79 Å². The van der Waals surface area contributed by atoms with Gasteiger partial charge in [-0.15, -0.1) is 11.3 Å². The average Bonchev–Trinajstić information content (AvgIpc) is 3.09. The molecule has 4 rings (SSSR count). The number of carbonyl (C=O) groups excluding carboxylic acids is 1. The number of hydrogen-bond acceptors (Lipinski definition) is 2. The second-order valence-corrected chi connectivity index (χ2v) is 8.61. The Balaban J connectivity index is 1.46. The number of carbonyl (C=O) groups is 1. The summed E-state index contributed by atoms with van der Waals surface area (Å²) in [6, 6.07) is 20.6. The molecule has 0 saturated heterocycles. The van der Waals surface area contributed by atoms with Gasteiger partial charge < -0.3 is 5.32 Å². The van der Waals surface area contributed by atoms with Gasteiger partial charge in [0.2, 0.25) is 0 Å². The van der Waals surface area contributed by atoms with Crippen LogP contribution in [0.25, 0.3) is 11.1 Å². The van der Waals surface area contributed by atoms with Gasteiger partial charge in [-0.2, -0.15) is 0 Å². The third kappa shape index (κ3) is 4.14. The zero-order valence-corrected chi connectivity index (χ0v) is 16.5. The van der Waals surface area contributed by atoms with Crippen molar-refractivity contribution in [1.29, 1.82) is 0 Å². The van der Waals surface area contributed by atoms with Gasteiger partial charge in [0.05, 0.1) is 5.00 Å². The highest BCUT2D eigenvalue weighted by Crippen LogP contribution is 2.35. The molecule has 2 nitrogen and oxygen atoms in total. The fourth-order valence-electron chi connectivity index (χ4n) is 3.97. The molecule has 1 saturated carbocycles. The molecular weight excluding hydrogens is 350 g/mol. The molecule has 3 aromatic rings. The number of amides is 1. The molecule has 0 radical (unpaired) electrons. The van der Waals surface area contributed by atoms with E-state index in [0.29, 0.717) is 5.92 Å². The molecule has 0 atom stereocenters. The summed E-state index contributed by atoms with van der Waals surface area (Å²) in [5, 5.41) is 3.96. The Morgan fingerprint density at radius 3 is 2.37 bits per heavy atom. The fraction of sp³-hybridized carbons (Fsp3) is 0.292. The largest absolute Gasteiger partial charge is 0.314 e. The first-order chi connectivity index (χ1) is 13.2. The van der Waals surface area contributed by atoms with Crippen LogP contribution in [-0.2, 0) is 0 Å². The minimum atomic E-state index is -0.0361. The van der Waals surface area contributed by atoms with Crippen molar-refractivity contribution >= 4 is 22.2 Å². The molecule has 1 fully saturated rings. The normalized spacial score (nSPS) is 14.9. The Morgan fingerprint density at radius 2 is 1.67 bits per heavy atom. The van der Waals surface area contributed by atoms with Crippen LogP contribution >= 0.6 is 11.3 Å². The molecule has 0 aliphatic heterocycles. The van der Waals surface area contributed by atoms with Gasteiger partial charge in [-0.05, 0) is 60.6 Å². The van der Waals surface area contributed by atoms with Crippen LogP contribution < -0.4 is 5.32 Å². The predicted octanol–water partition coefficient (Wildman–Crippen LogP) is 7.02. The maximum absolute atomic E-state index is 12.7. The lowest BCUT2D eigenvalue weighted by Crippen LogP contribution is -2.11. The van der Waals surface area contributed by atoms with Gasteiger partial charge in [-0.3, -0.25) is 4.79 Å². The SMILES string of the molecule is Cc1sc(NC(=O)c2ccc(C3CCCCC3)cc2)cc1-c1ccccc1. The van der Waals surface area contributed by atoms with Crippen molar-refractivity contribution in [2.45, 2.75) is 44.9 Å². The number of rotatable bonds is 4. The van der Waals surface area contributed by atoms with Crippen molar-refractivity contribution in [2.75, 3.05) is 5.32 Å². The van der Waals surface area contributed by atoms with E-state index in [0.717, 1.165) is 10.6 Å². The van der Waals surface area contributed by atoms with Crippen molar-refractivity contribution in [3.63, 3.8) is 0 Å². The van der Waals surface area contributed by atoms with E-state index in [1.807, 2.05) is 30.3 Å². The van der Waals surface area contributed by atoms with Gasteiger partial charge in [0.25, 0.3) is 5.91 Å². The fourth-order valence-corrected chi connectivity index (χ4v) is 4.91. The highest BCUT2D eigenvalue weighted by atomic mass is 32.1. The summed E-state index contributed by atoms with van der Waals surface area (Å²) in [6.07, 6.45) is 6.58. The molecule has 0 spiro atoms. The number of hydrogen-bond donors (Lipinski definition) is 1. The summed E-state index contributed by atoms with van der Waals surface area (Å²) in [5.41, 5.74) is 4.47. The molecule has 138 valence electrons. The molecule has 27 heavy (non-hydrogen) atoms. The standard InChI is InChI=1S/C24H25NOS/c1-17-22(20-10-6-3-7-11-20)16-23(27-17)25-24(26)21-14-12-19(13-15-21)18-8-4-2-5-9-18/h3,6-7,10-16,18H,2,4-5,8-9H2,1H3,(H,25,26). The van der Waals surface area contributed by atoms with Gasteiger partial charge in [0.1, 0.15) is 0 Å². The third-order valence-electron chi connectivity index (χ3n) is 5.49. The molecule has 2 aromatic carbocycles. The van der Waals surface area contributed by atoms with Gasteiger partial charge in [-0.1, -0.05) is 61.7 Å². The zero-order valence-electron chi connectivity index (χ0n) is 15.7. The van der Waals surface area contributed by atoms with Crippen LogP contribution in [0.2, 0.25) is 0 Å². The van der Waals surface area contributed by atoms with Crippen molar-refractivity contribution in [1.82, 2.24) is 0 Å². The van der Waals surface area contributed by atoms with E-state index in [1.165, 1.54) is 53.7 Å². The van der Waals surface area contributed by atoms with E-state index in [1.54, 1.807) is 11.3 Å². The summed E-state index contributed by atoms with van der Waals surface area (Å²) < 4.78 is 0.